The number of ether oxygens (including phenoxy) is 4. The molecule has 0 N–H and O–H groups in total. The molecule has 0 aliphatic carbocycles. The zero-order valence-corrected chi connectivity index (χ0v) is 22.8. The molecule has 0 amide bonds. The predicted molar refractivity (Wildman–Crippen MR) is 146 cm³/mol. The molecule has 0 fully saturated rings. The van der Waals surface area contributed by atoms with Crippen LogP contribution in [0.3, 0.4) is 0 Å². The van der Waals surface area contributed by atoms with Gasteiger partial charge in [-0.05, 0) is 24.1 Å². The van der Waals surface area contributed by atoms with Gasteiger partial charge in [0.2, 0.25) is 0 Å². The first-order chi connectivity index (χ1) is 19.0. The van der Waals surface area contributed by atoms with Crippen molar-refractivity contribution < 1.29 is 28.5 Å². The Morgan fingerprint density at radius 2 is 1.69 bits per heavy atom. The smallest absolute Gasteiger partial charge is 0.336 e. The largest absolute Gasteiger partial charge is 0.468 e. The molecule has 1 aliphatic rings. The highest BCUT2D eigenvalue weighted by atomic mass is 35.5. The van der Waals surface area contributed by atoms with Gasteiger partial charge in [-0.15, -0.1) is 0 Å². The molecule has 39 heavy (non-hydrogen) atoms. The molecule has 10 heteroatoms. The van der Waals surface area contributed by atoms with Crippen molar-refractivity contribution in [3.05, 3.63) is 82.0 Å². The van der Waals surface area contributed by atoms with E-state index >= 15 is 0 Å². The topological polar surface area (TPSA) is 110 Å². The lowest BCUT2D eigenvalue weighted by atomic mass is 9.78. The number of carbonyl (C=O) groups is 2. The summed E-state index contributed by atoms with van der Waals surface area (Å²) < 4.78 is 21.8. The van der Waals surface area contributed by atoms with Gasteiger partial charge in [-0.2, -0.15) is 5.26 Å². The summed E-state index contributed by atoms with van der Waals surface area (Å²) in [4.78, 5) is 31.7. The van der Waals surface area contributed by atoms with E-state index in [0.717, 1.165) is 5.56 Å². The molecule has 1 aliphatic heterocycles. The van der Waals surface area contributed by atoms with Crippen LogP contribution in [0.1, 0.15) is 24.0 Å². The maximum absolute atomic E-state index is 13.1. The summed E-state index contributed by atoms with van der Waals surface area (Å²) in [6, 6.07) is 16.8. The second-order valence-corrected chi connectivity index (χ2v) is 8.99. The molecular formula is C29H32ClN3O6. The summed E-state index contributed by atoms with van der Waals surface area (Å²) in [5, 5.41) is 9.87. The Morgan fingerprint density at radius 1 is 1.03 bits per heavy atom. The second kappa shape index (κ2) is 15.6. The van der Waals surface area contributed by atoms with Gasteiger partial charge in [-0.1, -0.05) is 60.1 Å². The molecule has 206 valence electrons. The number of hydrogen-bond donors (Lipinski definition) is 0. The van der Waals surface area contributed by atoms with E-state index in [2.05, 4.69) is 11.2 Å². The standard InChI is InChI=1S/C29H32ClN3O6/c1-3-39-29(35)27-25(32-17-23(28(34)36-2)26(27)22-11-7-8-12-24(22)30)19-38-16-14-33(20-31)13-15-37-18-21-9-5-4-6-10-21/h4-12,17,23,26H,3,13-16,18-19H2,1-2H3. The number of nitrogens with zero attached hydrogens (tertiary/aromatic N) is 3. The number of methoxy groups -OCH3 is 1. The number of halogens is 1. The first kappa shape index (κ1) is 29.8. The Bertz CT molecular complexity index is 1210. The van der Waals surface area contributed by atoms with Crippen LogP contribution in [0.2, 0.25) is 5.02 Å². The van der Waals surface area contributed by atoms with Crippen molar-refractivity contribution in [2.45, 2.75) is 19.4 Å². The molecule has 1 heterocycles. The monoisotopic (exact) mass is 553 g/mol. The number of benzene rings is 2. The van der Waals surface area contributed by atoms with Gasteiger partial charge >= 0.3 is 11.9 Å². The average Bonchev–Trinajstić information content (AvgIpc) is 2.96. The fourth-order valence-corrected chi connectivity index (χ4v) is 4.41. The lowest BCUT2D eigenvalue weighted by molar-refractivity contribution is -0.143. The van der Waals surface area contributed by atoms with Crippen LogP contribution in [0.5, 0.6) is 0 Å². The van der Waals surface area contributed by atoms with Gasteiger partial charge in [0, 0.05) is 17.2 Å². The minimum Gasteiger partial charge on any atom is -0.468 e. The number of carbonyl (C=O) groups excluding carboxylic acids is 2. The lowest BCUT2D eigenvalue weighted by Crippen LogP contribution is -2.33. The Balaban J connectivity index is 1.67. The van der Waals surface area contributed by atoms with Crippen molar-refractivity contribution in [1.82, 2.24) is 4.90 Å². The molecular weight excluding hydrogens is 522 g/mol. The van der Waals surface area contributed by atoms with E-state index in [-0.39, 0.29) is 25.4 Å². The molecule has 0 bridgehead atoms. The van der Waals surface area contributed by atoms with Crippen molar-refractivity contribution >= 4 is 29.8 Å². The van der Waals surface area contributed by atoms with Gasteiger partial charge in [0.25, 0.3) is 0 Å². The van der Waals surface area contributed by atoms with Crippen LogP contribution >= 0.6 is 11.6 Å². The molecule has 0 radical (unpaired) electrons. The predicted octanol–water partition coefficient (Wildman–Crippen LogP) is 4.13. The molecule has 2 atom stereocenters. The maximum atomic E-state index is 13.1. The van der Waals surface area contributed by atoms with Gasteiger partial charge in [-0.3, -0.25) is 9.79 Å². The van der Waals surface area contributed by atoms with Crippen LogP contribution in [0.15, 0.2) is 70.9 Å². The highest BCUT2D eigenvalue weighted by Crippen LogP contribution is 2.40. The highest BCUT2D eigenvalue weighted by molar-refractivity contribution is 6.31. The van der Waals surface area contributed by atoms with Gasteiger partial charge in [0.15, 0.2) is 6.19 Å². The number of aliphatic imine (C=N–C) groups is 1. The third-order valence-corrected chi connectivity index (χ3v) is 6.43. The highest BCUT2D eigenvalue weighted by Gasteiger charge is 2.41. The van der Waals surface area contributed by atoms with Gasteiger partial charge < -0.3 is 23.8 Å². The number of esters is 2. The van der Waals surface area contributed by atoms with Crippen molar-refractivity contribution in [3.63, 3.8) is 0 Å². The Morgan fingerprint density at radius 3 is 2.33 bits per heavy atom. The number of nitriles is 1. The SMILES string of the molecule is CCOC(=O)C1=C(COCCN(C#N)CCOCc2ccccc2)N=CC(C(=O)OC)C1c1ccccc1Cl. The molecule has 0 spiro atoms. The molecule has 2 aromatic rings. The van der Waals surface area contributed by atoms with Crippen LogP contribution in [-0.2, 0) is 35.1 Å². The van der Waals surface area contributed by atoms with Crippen LogP contribution in [0.4, 0.5) is 0 Å². The first-order valence-electron chi connectivity index (χ1n) is 12.6. The van der Waals surface area contributed by atoms with Gasteiger partial charge in [0.05, 0.1) is 64.5 Å². The third-order valence-electron chi connectivity index (χ3n) is 6.08. The van der Waals surface area contributed by atoms with Crippen molar-refractivity contribution in [2.24, 2.45) is 10.9 Å². The van der Waals surface area contributed by atoms with E-state index < -0.39 is 23.8 Å². The van der Waals surface area contributed by atoms with E-state index in [1.165, 1.54) is 18.2 Å². The summed E-state index contributed by atoms with van der Waals surface area (Å²) in [6.07, 6.45) is 3.59. The van der Waals surface area contributed by atoms with E-state index in [4.69, 9.17) is 30.5 Å². The lowest BCUT2D eigenvalue weighted by Gasteiger charge is -2.29. The first-order valence-corrected chi connectivity index (χ1v) is 13.0. The number of hydrogen-bond acceptors (Lipinski definition) is 9. The average molecular weight is 554 g/mol. The fourth-order valence-electron chi connectivity index (χ4n) is 4.16. The van der Waals surface area contributed by atoms with E-state index in [0.29, 0.717) is 42.6 Å². The molecule has 2 aromatic carbocycles. The van der Waals surface area contributed by atoms with E-state index in [1.54, 1.807) is 31.2 Å². The molecule has 3 rings (SSSR count). The minimum atomic E-state index is -0.872. The normalized spacial score (nSPS) is 16.5. The Hall–Kier alpha value is -3.71. The summed E-state index contributed by atoms with van der Waals surface area (Å²) >= 11 is 6.48. The molecule has 0 aromatic heterocycles. The van der Waals surface area contributed by atoms with Crippen molar-refractivity contribution in [1.29, 1.82) is 5.26 Å². The molecule has 0 saturated heterocycles. The third kappa shape index (κ3) is 8.39. The van der Waals surface area contributed by atoms with Crippen LogP contribution < -0.4 is 0 Å². The number of rotatable bonds is 14. The maximum Gasteiger partial charge on any atom is 0.336 e. The van der Waals surface area contributed by atoms with Crippen LogP contribution in [-0.4, -0.2) is 69.7 Å². The zero-order valence-electron chi connectivity index (χ0n) is 22.0. The molecule has 2 unspecified atom stereocenters. The Labute approximate surface area is 233 Å². The minimum absolute atomic E-state index is 0.0245. The van der Waals surface area contributed by atoms with Crippen LogP contribution in [0.25, 0.3) is 0 Å². The quantitative estimate of drug-likeness (QED) is 0.149. The molecule has 0 saturated carbocycles. The van der Waals surface area contributed by atoms with Crippen molar-refractivity contribution in [3.8, 4) is 6.19 Å². The van der Waals surface area contributed by atoms with E-state index in [1.807, 2.05) is 30.3 Å². The van der Waals surface area contributed by atoms with Crippen LogP contribution in [0, 0.1) is 17.4 Å². The van der Waals surface area contributed by atoms with Crippen molar-refractivity contribution in [2.75, 3.05) is 46.6 Å². The second-order valence-electron chi connectivity index (χ2n) is 8.58. The fraction of sp³-hybridized carbons (Fsp3) is 0.379. The summed E-state index contributed by atoms with van der Waals surface area (Å²) in [7, 11) is 1.28. The van der Waals surface area contributed by atoms with E-state index in [9.17, 15) is 14.9 Å². The Kier molecular flexibility index (Phi) is 12.0. The van der Waals surface area contributed by atoms with Gasteiger partial charge in [0.1, 0.15) is 5.92 Å². The summed E-state index contributed by atoms with van der Waals surface area (Å²) in [5.74, 6) is -2.80. The zero-order chi connectivity index (χ0) is 28.0. The summed E-state index contributed by atoms with van der Waals surface area (Å²) in [5.41, 5.74) is 2.16. The van der Waals surface area contributed by atoms with Gasteiger partial charge in [-0.25, -0.2) is 4.79 Å². The molecule has 9 nitrogen and oxygen atoms in total. The summed E-state index contributed by atoms with van der Waals surface area (Å²) in [6.45, 7) is 3.62.